The summed E-state index contributed by atoms with van der Waals surface area (Å²) in [5.74, 6) is -0.547. The maximum absolute atomic E-state index is 11.1. The van der Waals surface area contributed by atoms with Crippen molar-refractivity contribution in [2.24, 2.45) is 0 Å². The average Bonchev–Trinajstić information content (AvgIpc) is 2.25. The van der Waals surface area contributed by atoms with Crippen molar-refractivity contribution in [2.75, 3.05) is 5.73 Å². The van der Waals surface area contributed by atoms with E-state index in [0.29, 0.717) is 0 Å². The topological polar surface area (TPSA) is 155 Å². The van der Waals surface area contributed by atoms with Crippen LogP contribution in [0.25, 0.3) is 10.8 Å². The van der Waals surface area contributed by atoms with Crippen LogP contribution in [0.15, 0.2) is 34.1 Å². The molecule has 0 saturated heterocycles. The van der Waals surface area contributed by atoms with Gasteiger partial charge in [0.05, 0.1) is 9.79 Å². The molecule has 0 amide bonds. The van der Waals surface area contributed by atoms with Gasteiger partial charge in [-0.15, -0.1) is 0 Å². The Balaban J connectivity index is 0.00000220. The molecule has 0 bridgehead atoms. The van der Waals surface area contributed by atoms with E-state index in [0.717, 1.165) is 24.3 Å². The summed E-state index contributed by atoms with van der Waals surface area (Å²) in [5, 5.41) is 9.66. The van der Waals surface area contributed by atoms with Gasteiger partial charge in [-0.05, 0) is 23.6 Å². The molecule has 12 heteroatoms. The van der Waals surface area contributed by atoms with E-state index < -0.39 is 35.8 Å². The van der Waals surface area contributed by atoms with Crippen LogP contribution in [0.3, 0.4) is 0 Å². The van der Waals surface area contributed by atoms with E-state index in [2.05, 4.69) is 0 Å². The zero-order valence-corrected chi connectivity index (χ0v) is 11.3. The molecule has 22 heavy (non-hydrogen) atoms. The summed E-state index contributed by atoms with van der Waals surface area (Å²) < 4.78 is 62.1. The molecule has 0 unspecified atom stereocenters. The van der Waals surface area contributed by atoms with Crippen molar-refractivity contribution < 1.29 is 31.0 Å². The third-order valence-electron chi connectivity index (χ3n) is 2.60. The third-order valence-corrected chi connectivity index (χ3v) is 4.26. The Bertz CT molecular complexity index is 853. The summed E-state index contributed by atoms with van der Waals surface area (Å²) in [6, 6.07) is 3.55. The van der Waals surface area contributed by atoms with Crippen molar-refractivity contribution in [3.63, 3.8) is 0 Å². The van der Waals surface area contributed by atoms with Gasteiger partial charge < -0.3 is 10.8 Å². The molecule has 0 radical (unpaired) electrons. The van der Waals surface area contributed by atoms with Crippen LogP contribution < -0.4 is 5.73 Å². The Morgan fingerprint density at radius 3 is 1.64 bits per heavy atom. The van der Waals surface area contributed by atoms with E-state index in [9.17, 15) is 21.9 Å². The Kier molecular flexibility index (Phi) is 7.38. The molecule has 0 aromatic heterocycles. The predicted molar refractivity (Wildman–Crippen MR) is 84.0 cm³/mol. The molecule has 112 valence electrons. The fraction of sp³-hybridized carbons (Fsp3) is 0. The SMILES string of the molecule is Nc1cc(S(=O)(=O)O)cc2cc(S(=O)(=O)O)cc(O)c12.[NaH].[NaH]. The molecule has 2 rings (SSSR count). The number of nitrogen functional groups attached to an aromatic ring is 1. The summed E-state index contributed by atoms with van der Waals surface area (Å²) in [6.07, 6.45) is 0. The Morgan fingerprint density at radius 1 is 0.818 bits per heavy atom. The van der Waals surface area contributed by atoms with Crippen LogP contribution in [0, 0.1) is 0 Å². The number of nitrogens with two attached hydrogens (primary N) is 1. The van der Waals surface area contributed by atoms with Crippen molar-refractivity contribution in [3.8, 4) is 5.75 Å². The number of rotatable bonds is 2. The van der Waals surface area contributed by atoms with Gasteiger partial charge in [-0.1, -0.05) is 0 Å². The Labute approximate surface area is 170 Å². The second kappa shape index (κ2) is 7.34. The van der Waals surface area contributed by atoms with Gasteiger partial charge in [0.25, 0.3) is 20.2 Å². The standard InChI is InChI=1S/C10H9NO7S2.2Na.2H/c11-8-3-6(19(13,14)15)1-5-2-7(20(16,17)18)4-9(12)10(5)8;;;;/h1-4,12H,11H2,(H,13,14,15)(H,16,17,18);;;;. The molecule has 0 aliphatic rings. The first-order valence-electron chi connectivity index (χ1n) is 5.01. The van der Waals surface area contributed by atoms with Crippen LogP contribution in [-0.2, 0) is 20.2 Å². The summed E-state index contributed by atoms with van der Waals surface area (Å²) in [4.78, 5) is -1.19. The summed E-state index contributed by atoms with van der Waals surface area (Å²) in [5.41, 5.74) is 5.39. The molecule has 8 nitrogen and oxygen atoms in total. The van der Waals surface area contributed by atoms with Crippen LogP contribution in [0.2, 0.25) is 0 Å². The Hall–Kier alpha value is 0.120. The van der Waals surface area contributed by atoms with Gasteiger partial charge in [-0.2, -0.15) is 16.8 Å². The first kappa shape index (κ1) is 22.1. The van der Waals surface area contributed by atoms with E-state index in [4.69, 9.17) is 14.8 Å². The van der Waals surface area contributed by atoms with Gasteiger partial charge in [0.1, 0.15) is 5.75 Å². The molecule has 0 fully saturated rings. The molecular formula is C10H11NNa2O7S2. The van der Waals surface area contributed by atoms with Crippen LogP contribution >= 0.6 is 0 Å². The summed E-state index contributed by atoms with van der Waals surface area (Å²) >= 11 is 0. The third kappa shape index (κ3) is 4.57. The number of fused-ring (bicyclic) bond motifs is 1. The number of phenolic OH excluding ortho intramolecular Hbond substituents is 1. The Morgan fingerprint density at radius 2 is 1.23 bits per heavy atom. The predicted octanol–water partition coefficient (Wildman–Crippen LogP) is -0.676. The molecule has 0 aliphatic carbocycles. The maximum atomic E-state index is 11.1. The molecule has 0 heterocycles. The van der Waals surface area contributed by atoms with Gasteiger partial charge in [0, 0.05) is 17.1 Å². The molecule has 0 saturated carbocycles. The number of hydrogen-bond acceptors (Lipinski definition) is 6. The van der Waals surface area contributed by atoms with Crippen molar-refractivity contribution in [3.05, 3.63) is 24.3 Å². The molecule has 2 aromatic rings. The summed E-state index contributed by atoms with van der Waals surface area (Å²) in [7, 11) is -9.14. The van der Waals surface area contributed by atoms with Crippen LogP contribution in [0.5, 0.6) is 5.75 Å². The zero-order valence-electron chi connectivity index (χ0n) is 9.68. The number of anilines is 1. The fourth-order valence-corrected chi connectivity index (χ4v) is 2.86. The van der Waals surface area contributed by atoms with Gasteiger partial charge in [-0.3, -0.25) is 9.11 Å². The molecule has 0 aliphatic heterocycles. The quantitative estimate of drug-likeness (QED) is 0.309. The first-order valence-corrected chi connectivity index (χ1v) is 7.89. The zero-order chi connectivity index (χ0) is 15.3. The van der Waals surface area contributed by atoms with Crippen molar-refractivity contribution >= 4 is 95.8 Å². The van der Waals surface area contributed by atoms with Gasteiger partial charge in [0.2, 0.25) is 0 Å². The second-order valence-electron chi connectivity index (χ2n) is 4.00. The molecule has 2 aromatic carbocycles. The molecule has 5 N–H and O–H groups in total. The van der Waals surface area contributed by atoms with E-state index in [1.807, 2.05) is 0 Å². The molecule has 0 spiro atoms. The molecular weight excluding hydrogens is 356 g/mol. The van der Waals surface area contributed by atoms with E-state index in [-0.39, 0.29) is 75.6 Å². The van der Waals surface area contributed by atoms with Crippen molar-refractivity contribution in [1.82, 2.24) is 0 Å². The van der Waals surface area contributed by atoms with Crippen molar-refractivity contribution in [2.45, 2.75) is 9.79 Å². The summed E-state index contributed by atoms with van der Waals surface area (Å²) in [6.45, 7) is 0. The first-order chi connectivity index (χ1) is 9.00. The minimum atomic E-state index is -4.59. The van der Waals surface area contributed by atoms with Gasteiger partial charge >= 0.3 is 59.1 Å². The average molecular weight is 367 g/mol. The minimum absolute atomic E-state index is 0. The monoisotopic (exact) mass is 367 g/mol. The van der Waals surface area contributed by atoms with Crippen molar-refractivity contribution in [1.29, 1.82) is 0 Å². The fourth-order valence-electron chi connectivity index (χ4n) is 1.77. The number of hydrogen-bond donors (Lipinski definition) is 4. The van der Waals surface area contributed by atoms with Crippen LogP contribution in [-0.4, -0.2) is 90.2 Å². The second-order valence-corrected chi connectivity index (χ2v) is 6.85. The van der Waals surface area contributed by atoms with E-state index in [1.54, 1.807) is 0 Å². The normalized spacial score (nSPS) is 11.5. The van der Waals surface area contributed by atoms with E-state index >= 15 is 0 Å². The van der Waals surface area contributed by atoms with Gasteiger partial charge in [0.15, 0.2) is 0 Å². The molecule has 0 atom stereocenters. The van der Waals surface area contributed by atoms with Crippen LogP contribution in [0.1, 0.15) is 0 Å². The van der Waals surface area contributed by atoms with Gasteiger partial charge in [-0.25, -0.2) is 0 Å². The van der Waals surface area contributed by atoms with E-state index in [1.165, 1.54) is 0 Å². The number of aromatic hydroxyl groups is 1. The van der Waals surface area contributed by atoms with Crippen LogP contribution in [0.4, 0.5) is 5.69 Å². The number of phenols is 1. The number of benzene rings is 2.